The second kappa shape index (κ2) is 7.04. The Hall–Kier alpha value is -0.0700. The molecule has 0 saturated carbocycles. The summed E-state index contributed by atoms with van der Waals surface area (Å²) in [5.41, 5.74) is 0. The highest BCUT2D eigenvalue weighted by Crippen LogP contribution is 1.91. The molecule has 0 aliphatic heterocycles. The van der Waals surface area contributed by atoms with E-state index in [1.807, 2.05) is 0 Å². The lowest BCUT2D eigenvalue weighted by atomic mass is 10.4. The minimum atomic E-state index is 0.640. The summed E-state index contributed by atoms with van der Waals surface area (Å²) >= 11 is 3.36. The Balaban J connectivity index is 3.32. The van der Waals surface area contributed by atoms with Crippen LogP contribution in [0.1, 0.15) is 13.3 Å². The lowest BCUT2D eigenvalue weighted by Gasteiger charge is -2.16. The van der Waals surface area contributed by atoms with E-state index in [0.717, 1.165) is 25.0 Å². The lowest BCUT2D eigenvalue weighted by molar-refractivity contribution is 0.314. The Bertz CT molecular complexity index is 109. The maximum Gasteiger partial charge on any atom is 0.0635 e. The number of alkyl halides is 1. The molecule has 0 aromatic rings. The highest BCUT2D eigenvalue weighted by Gasteiger charge is 1.98. The van der Waals surface area contributed by atoms with Gasteiger partial charge in [0.05, 0.1) is 6.07 Å². The molecule has 0 atom stereocenters. The number of nitrogens with zero attached hydrogens (tertiary/aromatic N) is 2. The zero-order valence-electron chi connectivity index (χ0n) is 6.31. The normalized spacial score (nSPS) is 9.80. The van der Waals surface area contributed by atoms with Gasteiger partial charge >= 0.3 is 0 Å². The second-order valence-electron chi connectivity index (χ2n) is 2.03. The molecule has 0 aliphatic carbocycles. The monoisotopic (exact) mass is 204 g/mol. The van der Waals surface area contributed by atoms with Gasteiger partial charge in [-0.05, 0) is 6.54 Å². The predicted molar refractivity (Wildman–Crippen MR) is 46.1 cm³/mol. The average Bonchev–Trinajstić information content (AvgIpc) is 1.98. The number of hydrogen-bond acceptors (Lipinski definition) is 2. The van der Waals surface area contributed by atoms with Crippen LogP contribution in [0.4, 0.5) is 0 Å². The van der Waals surface area contributed by atoms with E-state index in [-0.39, 0.29) is 0 Å². The van der Waals surface area contributed by atoms with E-state index in [1.54, 1.807) is 0 Å². The first-order valence-corrected chi connectivity index (χ1v) is 4.62. The standard InChI is InChI=1S/C7H13BrN2/c1-2-10(7-4-8)6-3-5-9/h2-4,6-7H2,1H3. The Morgan fingerprint density at radius 3 is 2.60 bits per heavy atom. The van der Waals surface area contributed by atoms with Crippen LogP contribution < -0.4 is 0 Å². The van der Waals surface area contributed by atoms with Crippen molar-refractivity contribution in [2.24, 2.45) is 0 Å². The third-order valence-corrected chi connectivity index (χ3v) is 1.74. The van der Waals surface area contributed by atoms with Crippen molar-refractivity contribution in [3.63, 3.8) is 0 Å². The quantitative estimate of drug-likeness (QED) is 0.637. The van der Waals surface area contributed by atoms with Gasteiger partial charge in [0.25, 0.3) is 0 Å². The molecule has 2 nitrogen and oxygen atoms in total. The van der Waals surface area contributed by atoms with Crippen LogP contribution in [-0.4, -0.2) is 29.9 Å². The van der Waals surface area contributed by atoms with E-state index >= 15 is 0 Å². The largest absolute Gasteiger partial charge is 0.302 e. The smallest absolute Gasteiger partial charge is 0.0635 e. The molecule has 0 spiro atoms. The first-order chi connectivity index (χ1) is 4.85. The van der Waals surface area contributed by atoms with Crippen molar-refractivity contribution in [3.05, 3.63) is 0 Å². The van der Waals surface area contributed by atoms with Gasteiger partial charge in [-0.15, -0.1) is 0 Å². The van der Waals surface area contributed by atoms with Gasteiger partial charge in [-0.1, -0.05) is 22.9 Å². The van der Waals surface area contributed by atoms with Crippen molar-refractivity contribution >= 4 is 15.9 Å². The van der Waals surface area contributed by atoms with Gasteiger partial charge < -0.3 is 4.90 Å². The SMILES string of the molecule is CCN(CCBr)CCC#N. The molecule has 0 aromatic carbocycles. The van der Waals surface area contributed by atoms with Gasteiger partial charge in [0, 0.05) is 24.8 Å². The molecule has 0 bridgehead atoms. The summed E-state index contributed by atoms with van der Waals surface area (Å²) in [6.07, 6.45) is 0.640. The lowest BCUT2D eigenvalue weighted by Crippen LogP contribution is -2.26. The molecule has 0 rings (SSSR count). The van der Waals surface area contributed by atoms with E-state index < -0.39 is 0 Å². The number of nitriles is 1. The molecule has 0 fully saturated rings. The summed E-state index contributed by atoms with van der Waals surface area (Å²) in [6, 6.07) is 2.13. The fourth-order valence-corrected chi connectivity index (χ4v) is 1.26. The number of halogens is 1. The Labute approximate surface area is 70.9 Å². The Kier molecular flexibility index (Phi) is 6.99. The van der Waals surface area contributed by atoms with Crippen LogP contribution in [0.25, 0.3) is 0 Å². The van der Waals surface area contributed by atoms with Gasteiger partial charge in [-0.2, -0.15) is 5.26 Å². The maximum absolute atomic E-state index is 8.29. The van der Waals surface area contributed by atoms with E-state index in [4.69, 9.17) is 5.26 Å². The van der Waals surface area contributed by atoms with Crippen LogP contribution in [0.15, 0.2) is 0 Å². The minimum Gasteiger partial charge on any atom is -0.302 e. The van der Waals surface area contributed by atoms with E-state index in [0.29, 0.717) is 6.42 Å². The van der Waals surface area contributed by atoms with Crippen molar-refractivity contribution in [2.75, 3.05) is 25.0 Å². The summed E-state index contributed by atoms with van der Waals surface area (Å²) in [5.74, 6) is 0. The van der Waals surface area contributed by atoms with Gasteiger partial charge in [-0.3, -0.25) is 0 Å². The van der Waals surface area contributed by atoms with Crippen molar-refractivity contribution in [2.45, 2.75) is 13.3 Å². The van der Waals surface area contributed by atoms with Gasteiger partial charge in [0.2, 0.25) is 0 Å². The van der Waals surface area contributed by atoms with E-state index in [2.05, 4.69) is 33.8 Å². The van der Waals surface area contributed by atoms with Crippen molar-refractivity contribution < 1.29 is 0 Å². The summed E-state index contributed by atoms with van der Waals surface area (Å²) < 4.78 is 0. The molecule has 0 N–H and O–H groups in total. The summed E-state index contributed by atoms with van der Waals surface area (Å²) in [6.45, 7) is 5.09. The van der Waals surface area contributed by atoms with Crippen molar-refractivity contribution in [1.82, 2.24) is 4.90 Å². The zero-order valence-corrected chi connectivity index (χ0v) is 7.89. The molecule has 10 heavy (non-hydrogen) atoms. The van der Waals surface area contributed by atoms with Crippen LogP contribution in [0.2, 0.25) is 0 Å². The molecule has 0 aromatic heterocycles. The van der Waals surface area contributed by atoms with Crippen molar-refractivity contribution in [1.29, 1.82) is 5.26 Å². The molecule has 0 amide bonds. The fourth-order valence-electron chi connectivity index (χ4n) is 0.756. The molecule has 0 radical (unpaired) electrons. The predicted octanol–water partition coefficient (Wildman–Crippen LogP) is 1.62. The molecular formula is C7H13BrN2. The highest BCUT2D eigenvalue weighted by atomic mass is 79.9. The third-order valence-electron chi connectivity index (χ3n) is 1.39. The van der Waals surface area contributed by atoms with Crippen LogP contribution >= 0.6 is 15.9 Å². The third kappa shape index (κ3) is 4.78. The average molecular weight is 205 g/mol. The van der Waals surface area contributed by atoms with Crippen molar-refractivity contribution in [3.8, 4) is 6.07 Å². The maximum atomic E-state index is 8.29. The molecule has 0 aliphatic rings. The van der Waals surface area contributed by atoms with Crippen LogP contribution in [0, 0.1) is 11.3 Å². The van der Waals surface area contributed by atoms with Crippen LogP contribution in [0.3, 0.4) is 0 Å². The molecule has 3 heteroatoms. The van der Waals surface area contributed by atoms with Gasteiger partial charge in [0.1, 0.15) is 0 Å². The topological polar surface area (TPSA) is 27.0 Å². The van der Waals surface area contributed by atoms with Gasteiger partial charge in [-0.25, -0.2) is 0 Å². The Morgan fingerprint density at radius 1 is 1.50 bits per heavy atom. The molecule has 58 valence electrons. The number of rotatable bonds is 5. The molecule has 0 heterocycles. The minimum absolute atomic E-state index is 0.640. The first kappa shape index (κ1) is 9.93. The van der Waals surface area contributed by atoms with E-state index in [1.165, 1.54) is 0 Å². The summed E-state index contributed by atoms with van der Waals surface area (Å²) in [5, 5.41) is 9.28. The molecule has 0 unspecified atom stereocenters. The highest BCUT2D eigenvalue weighted by molar-refractivity contribution is 9.09. The Morgan fingerprint density at radius 2 is 2.20 bits per heavy atom. The second-order valence-corrected chi connectivity index (χ2v) is 2.82. The molecule has 0 saturated heterocycles. The molecular weight excluding hydrogens is 192 g/mol. The zero-order chi connectivity index (χ0) is 7.82. The summed E-state index contributed by atoms with van der Waals surface area (Å²) in [7, 11) is 0. The van der Waals surface area contributed by atoms with Crippen LogP contribution in [-0.2, 0) is 0 Å². The van der Waals surface area contributed by atoms with Crippen LogP contribution in [0.5, 0.6) is 0 Å². The number of hydrogen-bond donors (Lipinski definition) is 0. The first-order valence-electron chi connectivity index (χ1n) is 3.50. The summed E-state index contributed by atoms with van der Waals surface area (Å²) in [4.78, 5) is 2.25. The van der Waals surface area contributed by atoms with Gasteiger partial charge in [0.15, 0.2) is 0 Å². The fraction of sp³-hybridized carbons (Fsp3) is 0.857. The van der Waals surface area contributed by atoms with E-state index in [9.17, 15) is 0 Å².